The molecule has 0 fully saturated rings. The number of aromatic nitrogens is 2. The van der Waals surface area contributed by atoms with Gasteiger partial charge < -0.3 is 26.6 Å². The average Bonchev–Trinajstić information content (AvgIpc) is 2.51. The maximum Gasteiger partial charge on any atom is 0.222 e. The molecule has 0 saturated heterocycles. The molecule has 2 rings (SSSR count). The highest BCUT2D eigenvalue weighted by Crippen LogP contribution is 2.34. The zero-order chi connectivity index (χ0) is 17.0. The number of benzene rings is 1. The van der Waals surface area contributed by atoms with Crippen LogP contribution in [0.15, 0.2) is 18.2 Å². The number of anilines is 3. The van der Waals surface area contributed by atoms with Crippen molar-refractivity contribution in [3.63, 3.8) is 0 Å². The van der Waals surface area contributed by atoms with E-state index in [2.05, 4.69) is 9.97 Å². The van der Waals surface area contributed by atoms with Gasteiger partial charge in [0, 0.05) is 30.4 Å². The molecule has 0 spiro atoms. The quantitative estimate of drug-likeness (QED) is 0.631. The summed E-state index contributed by atoms with van der Waals surface area (Å²) < 4.78 is 0. The molecule has 2 aromatic rings. The highest BCUT2D eigenvalue weighted by Gasteiger charge is 2.17. The van der Waals surface area contributed by atoms with E-state index in [-0.39, 0.29) is 35.4 Å². The Hall–Kier alpha value is -3.05. The molecule has 0 aliphatic rings. The fraction of sp³-hybridized carbons (Fsp3) is 0.267. The highest BCUT2D eigenvalue weighted by molar-refractivity contribution is 5.78. The monoisotopic (exact) mass is 314 g/mol. The van der Waals surface area contributed by atoms with E-state index >= 15 is 0 Å². The Morgan fingerprint density at radius 2 is 2.04 bits per heavy atom. The summed E-state index contributed by atoms with van der Waals surface area (Å²) in [6, 6.07) is 6.87. The molecule has 1 aromatic heterocycles. The van der Waals surface area contributed by atoms with Gasteiger partial charge in [0.05, 0.1) is 12.3 Å². The molecule has 23 heavy (non-hydrogen) atoms. The Morgan fingerprint density at radius 1 is 1.30 bits per heavy atom. The van der Waals surface area contributed by atoms with Crippen LogP contribution in [0, 0.1) is 11.3 Å². The van der Waals surface area contributed by atoms with Crippen molar-refractivity contribution in [3.05, 3.63) is 23.8 Å². The summed E-state index contributed by atoms with van der Waals surface area (Å²) in [6.07, 6.45) is 0. The Balaban J connectivity index is 2.53. The van der Waals surface area contributed by atoms with Crippen molar-refractivity contribution in [1.82, 2.24) is 9.97 Å². The number of hydrogen-bond acceptors (Lipinski definition) is 8. The molecule has 8 heteroatoms. The van der Waals surface area contributed by atoms with Crippen LogP contribution in [0.3, 0.4) is 0 Å². The van der Waals surface area contributed by atoms with Gasteiger partial charge in [0.15, 0.2) is 0 Å². The van der Waals surface area contributed by atoms with Crippen LogP contribution >= 0.6 is 0 Å². The summed E-state index contributed by atoms with van der Waals surface area (Å²) in [5.74, 6) is -0.169. The van der Waals surface area contributed by atoms with Gasteiger partial charge in [-0.2, -0.15) is 10.2 Å². The van der Waals surface area contributed by atoms with Gasteiger partial charge in [0.25, 0.3) is 0 Å². The van der Waals surface area contributed by atoms with Crippen LogP contribution in [0.4, 0.5) is 17.5 Å². The van der Waals surface area contributed by atoms with Crippen LogP contribution in [0.5, 0.6) is 5.75 Å². The lowest BCUT2D eigenvalue weighted by molar-refractivity contribution is 0.302. The predicted molar refractivity (Wildman–Crippen MR) is 87.6 cm³/mol. The summed E-state index contributed by atoms with van der Waals surface area (Å²) in [6.45, 7) is 3.08. The summed E-state index contributed by atoms with van der Waals surface area (Å²) in [5.41, 5.74) is 12.6. The Bertz CT molecular complexity index is 756. The van der Waals surface area contributed by atoms with Gasteiger partial charge in [0.2, 0.25) is 5.95 Å². The Kier molecular flexibility index (Phi) is 4.83. The zero-order valence-electron chi connectivity index (χ0n) is 12.7. The first kappa shape index (κ1) is 16.3. The second kappa shape index (κ2) is 6.81. The standard InChI is InChI=1S/C15H18N6O2/c1-2-21(5-6-22)9-3-4-10(12(23)7-9)13-11(8-16)14(17)20-15(18)19-13/h3-4,7,22-23H,2,5-6H2,1H3,(H4,17,18,19,20). The molecule has 0 aliphatic carbocycles. The zero-order valence-corrected chi connectivity index (χ0v) is 12.7. The van der Waals surface area contributed by atoms with Crippen molar-refractivity contribution < 1.29 is 10.2 Å². The van der Waals surface area contributed by atoms with E-state index in [0.29, 0.717) is 18.7 Å². The molecular formula is C15H18N6O2. The lowest BCUT2D eigenvalue weighted by Crippen LogP contribution is -2.25. The minimum absolute atomic E-state index is 0.00785. The first-order valence-electron chi connectivity index (χ1n) is 7.04. The number of hydrogen-bond donors (Lipinski definition) is 4. The minimum atomic E-state index is -0.0737. The van der Waals surface area contributed by atoms with Crippen molar-refractivity contribution in [3.8, 4) is 23.1 Å². The first-order valence-corrected chi connectivity index (χ1v) is 7.04. The number of nitriles is 1. The SMILES string of the molecule is CCN(CCO)c1ccc(-c2nc(N)nc(N)c2C#N)c(O)c1. The molecular weight excluding hydrogens is 296 g/mol. The van der Waals surface area contributed by atoms with E-state index in [4.69, 9.17) is 16.6 Å². The summed E-state index contributed by atoms with van der Waals surface area (Å²) in [4.78, 5) is 9.67. The van der Waals surface area contributed by atoms with Crippen LogP contribution in [0.1, 0.15) is 12.5 Å². The Labute approximate surface area is 133 Å². The van der Waals surface area contributed by atoms with Crippen LogP contribution in [-0.2, 0) is 0 Å². The molecule has 0 saturated carbocycles. The van der Waals surface area contributed by atoms with Crippen LogP contribution in [0.2, 0.25) is 0 Å². The third kappa shape index (κ3) is 3.25. The van der Waals surface area contributed by atoms with Gasteiger partial charge in [0.1, 0.15) is 23.2 Å². The van der Waals surface area contributed by atoms with Gasteiger partial charge >= 0.3 is 0 Å². The largest absolute Gasteiger partial charge is 0.507 e. The van der Waals surface area contributed by atoms with Crippen molar-refractivity contribution in [2.45, 2.75) is 6.92 Å². The Morgan fingerprint density at radius 3 is 2.61 bits per heavy atom. The number of nitrogens with zero attached hydrogens (tertiary/aromatic N) is 4. The predicted octanol–water partition coefficient (Wildman–Crippen LogP) is 0.704. The highest BCUT2D eigenvalue weighted by atomic mass is 16.3. The molecule has 0 atom stereocenters. The van der Waals surface area contributed by atoms with Gasteiger partial charge in [-0.15, -0.1) is 0 Å². The maximum absolute atomic E-state index is 10.3. The molecule has 0 aliphatic heterocycles. The first-order chi connectivity index (χ1) is 11.0. The molecule has 0 radical (unpaired) electrons. The summed E-state index contributed by atoms with van der Waals surface area (Å²) in [5, 5.41) is 28.6. The number of phenols is 1. The van der Waals surface area contributed by atoms with Crippen molar-refractivity contribution in [2.24, 2.45) is 0 Å². The van der Waals surface area contributed by atoms with E-state index < -0.39 is 0 Å². The van der Waals surface area contributed by atoms with Gasteiger partial charge in [-0.3, -0.25) is 0 Å². The van der Waals surface area contributed by atoms with Crippen LogP contribution in [-0.4, -0.2) is 39.9 Å². The fourth-order valence-electron chi connectivity index (χ4n) is 2.31. The van der Waals surface area contributed by atoms with E-state index in [1.165, 1.54) is 0 Å². The van der Waals surface area contributed by atoms with Gasteiger partial charge in [-0.25, -0.2) is 4.98 Å². The molecule has 8 nitrogen and oxygen atoms in total. The number of nitrogens with two attached hydrogens (primary N) is 2. The number of rotatable bonds is 5. The van der Waals surface area contributed by atoms with E-state index in [1.54, 1.807) is 18.2 Å². The number of nitrogen functional groups attached to an aromatic ring is 2. The van der Waals surface area contributed by atoms with Gasteiger partial charge in [-0.1, -0.05) is 0 Å². The lowest BCUT2D eigenvalue weighted by Gasteiger charge is -2.22. The molecule has 1 aromatic carbocycles. The third-order valence-electron chi connectivity index (χ3n) is 3.42. The molecule has 6 N–H and O–H groups in total. The molecule has 0 unspecified atom stereocenters. The lowest BCUT2D eigenvalue weighted by atomic mass is 10.0. The van der Waals surface area contributed by atoms with Crippen LogP contribution in [0.25, 0.3) is 11.3 Å². The number of aromatic hydroxyl groups is 1. The second-order valence-electron chi connectivity index (χ2n) is 4.81. The van der Waals surface area contributed by atoms with Gasteiger partial charge in [-0.05, 0) is 19.1 Å². The number of aliphatic hydroxyl groups is 1. The normalized spacial score (nSPS) is 10.3. The molecule has 0 bridgehead atoms. The van der Waals surface area contributed by atoms with Crippen LogP contribution < -0.4 is 16.4 Å². The minimum Gasteiger partial charge on any atom is -0.507 e. The smallest absolute Gasteiger partial charge is 0.222 e. The molecule has 0 amide bonds. The van der Waals surface area contributed by atoms with Crippen molar-refractivity contribution >= 4 is 17.5 Å². The van der Waals surface area contributed by atoms with E-state index in [0.717, 1.165) is 5.69 Å². The van der Waals surface area contributed by atoms with Crippen molar-refractivity contribution in [2.75, 3.05) is 36.1 Å². The molecule has 120 valence electrons. The van der Waals surface area contributed by atoms with Crippen molar-refractivity contribution in [1.29, 1.82) is 5.26 Å². The van der Waals surface area contributed by atoms with E-state index in [9.17, 15) is 10.4 Å². The topological polar surface area (TPSA) is 145 Å². The third-order valence-corrected chi connectivity index (χ3v) is 3.42. The van der Waals surface area contributed by atoms with E-state index in [1.807, 2.05) is 17.9 Å². The number of phenolic OH excluding ortho intramolecular Hbond substituents is 1. The second-order valence-corrected chi connectivity index (χ2v) is 4.81. The maximum atomic E-state index is 10.3. The fourth-order valence-corrected chi connectivity index (χ4v) is 2.31. The number of likely N-dealkylation sites (N-methyl/N-ethyl adjacent to an activating group) is 1. The summed E-state index contributed by atoms with van der Waals surface area (Å²) >= 11 is 0. The summed E-state index contributed by atoms with van der Waals surface area (Å²) in [7, 11) is 0. The number of aliphatic hydroxyl groups excluding tert-OH is 1. The average molecular weight is 314 g/mol. The molecule has 1 heterocycles.